The maximum absolute atomic E-state index is 8.37. The summed E-state index contributed by atoms with van der Waals surface area (Å²) in [5.74, 6) is 0.0490. The lowest BCUT2D eigenvalue weighted by atomic mass is 10.4. The van der Waals surface area contributed by atoms with Gasteiger partial charge in [0.15, 0.2) is 5.84 Å². The molecule has 7 heteroatoms. The fourth-order valence-electron chi connectivity index (χ4n) is 0.915. The molecule has 0 bridgehead atoms. The molecule has 0 aromatic heterocycles. The van der Waals surface area contributed by atoms with Crippen LogP contribution in [-0.2, 0) is 18.9 Å². The predicted molar refractivity (Wildman–Crippen MR) is 62.3 cm³/mol. The van der Waals surface area contributed by atoms with Gasteiger partial charge in [0.25, 0.3) is 0 Å². The highest BCUT2D eigenvalue weighted by molar-refractivity contribution is 5.83. The van der Waals surface area contributed by atoms with Crippen molar-refractivity contribution in [1.29, 1.82) is 0 Å². The van der Waals surface area contributed by atoms with Crippen molar-refractivity contribution in [2.45, 2.75) is 13.0 Å². The van der Waals surface area contributed by atoms with E-state index >= 15 is 0 Å². The molecule has 1 unspecified atom stereocenters. The lowest BCUT2D eigenvalue weighted by Crippen LogP contribution is -2.29. The molecule has 0 aromatic carbocycles. The third kappa shape index (κ3) is 10.0. The van der Waals surface area contributed by atoms with E-state index < -0.39 is 6.10 Å². The van der Waals surface area contributed by atoms with Gasteiger partial charge in [0.2, 0.25) is 0 Å². The van der Waals surface area contributed by atoms with Gasteiger partial charge in [0.05, 0.1) is 39.6 Å². The van der Waals surface area contributed by atoms with Crippen LogP contribution in [0.25, 0.3) is 0 Å². The zero-order valence-electron chi connectivity index (χ0n) is 10.4. The number of nitrogens with zero attached hydrogens (tertiary/aromatic N) is 1. The smallest absolute Gasteiger partial charge is 0.168 e. The molecule has 0 aromatic rings. The summed E-state index contributed by atoms with van der Waals surface area (Å²) in [7, 11) is 1.62. The Hall–Kier alpha value is -0.890. The number of nitrogens with two attached hydrogens (primary N) is 1. The second kappa shape index (κ2) is 11.6. The normalized spacial score (nSPS) is 13.9. The van der Waals surface area contributed by atoms with Crippen LogP contribution in [0.4, 0.5) is 0 Å². The van der Waals surface area contributed by atoms with Crippen LogP contribution in [0.2, 0.25) is 0 Å². The van der Waals surface area contributed by atoms with Crippen molar-refractivity contribution in [2.24, 2.45) is 10.9 Å². The first-order chi connectivity index (χ1) is 8.22. The van der Waals surface area contributed by atoms with Gasteiger partial charge in [-0.05, 0) is 6.92 Å². The number of hydrogen-bond acceptors (Lipinski definition) is 6. The van der Waals surface area contributed by atoms with Crippen molar-refractivity contribution in [2.75, 3.05) is 46.8 Å². The second-order valence-corrected chi connectivity index (χ2v) is 3.26. The Labute approximate surface area is 101 Å². The van der Waals surface area contributed by atoms with Crippen molar-refractivity contribution >= 4 is 5.84 Å². The Kier molecular flexibility index (Phi) is 11.0. The zero-order valence-corrected chi connectivity index (χ0v) is 10.4. The number of hydrogen-bond donors (Lipinski definition) is 2. The summed E-state index contributed by atoms with van der Waals surface area (Å²) in [4.78, 5) is 0. The summed E-state index contributed by atoms with van der Waals surface area (Å²) >= 11 is 0. The minimum atomic E-state index is -0.415. The molecule has 0 aliphatic heterocycles. The Balaban J connectivity index is 3.18. The van der Waals surface area contributed by atoms with Crippen LogP contribution in [0.15, 0.2) is 5.16 Å². The van der Waals surface area contributed by atoms with Crippen molar-refractivity contribution in [3.05, 3.63) is 0 Å². The molecular weight excluding hydrogens is 228 g/mol. The summed E-state index contributed by atoms with van der Waals surface area (Å²) in [5.41, 5.74) is 5.33. The fourth-order valence-corrected chi connectivity index (χ4v) is 0.915. The molecule has 0 spiro atoms. The van der Waals surface area contributed by atoms with E-state index in [1.54, 1.807) is 14.0 Å². The van der Waals surface area contributed by atoms with Crippen LogP contribution >= 0.6 is 0 Å². The lowest BCUT2D eigenvalue weighted by molar-refractivity contribution is -0.00142. The van der Waals surface area contributed by atoms with Crippen LogP contribution in [-0.4, -0.2) is 63.9 Å². The maximum atomic E-state index is 8.37. The van der Waals surface area contributed by atoms with Crippen LogP contribution in [0.3, 0.4) is 0 Å². The Morgan fingerprint density at radius 3 is 2.18 bits per heavy atom. The highest BCUT2D eigenvalue weighted by Gasteiger charge is 2.06. The van der Waals surface area contributed by atoms with Crippen molar-refractivity contribution in [3.63, 3.8) is 0 Å². The molecule has 0 fully saturated rings. The summed E-state index contributed by atoms with van der Waals surface area (Å²) in [6, 6.07) is 0. The SMILES string of the molecule is COCCOCCOCCOC(C)C(N)=NO. The Bertz CT molecular complexity index is 201. The van der Waals surface area contributed by atoms with Crippen molar-refractivity contribution in [1.82, 2.24) is 0 Å². The van der Waals surface area contributed by atoms with Crippen LogP contribution in [0.5, 0.6) is 0 Å². The van der Waals surface area contributed by atoms with Gasteiger partial charge < -0.3 is 29.9 Å². The van der Waals surface area contributed by atoms with E-state index in [0.717, 1.165) is 0 Å². The Morgan fingerprint density at radius 1 is 1.12 bits per heavy atom. The molecule has 0 aliphatic rings. The molecule has 17 heavy (non-hydrogen) atoms. The Morgan fingerprint density at radius 2 is 1.65 bits per heavy atom. The second-order valence-electron chi connectivity index (χ2n) is 3.26. The van der Waals surface area contributed by atoms with E-state index in [1.165, 1.54) is 0 Å². The van der Waals surface area contributed by atoms with Gasteiger partial charge in [-0.2, -0.15) is 0 Å². The highest BCUT2D eigenvalue weighted by atomic mass is 16.6. The molecule has 0 radical (unpaired) electrons. The van der Waals surface area contributed by atoms with Crippen LogP contribution in [0.1, 0.15) is 6.92 Å². The highest BCUT2D eigenvalue weighted by Crippen LogP contribution is 1.90. The largest absolute Gasteiger partial charge is 0.409 e. The number of amidine groups is 1. The minimum Gasteiger partial charge on any atom is -0.409 e. The molecule has 0 heterocycles. The van der Waals surface area contributed by atoms with Gasteiger partial charge in [-0.1, -0.05) is 5.16 Å². The zero-order chi connectivity index (χ0) is 12.9. The fraction of sp³-hybridized carbons (Fsp3) is 0.900. The molecule has 0 saturated carbocycles. The summed E-state index contributed by atoms with van der Waals surface area (Å²) in [6.07, 6.45) is -0.415. The molecule has 3 N–H and O–H groups in total. The molecule has 0 rings (SSSR count). The van der Waals surface area contributed by atoms with Crippen molar-refractivity contribution < 1.29 is 24.2 Å². The van der Waals surface area contributed by atoms with E-state index in [4.69, 9.17) is 29.9 Å². The molecule has 0 amide bonds. The topological polar surface area (TPSA) is 95.5 Å². The molecule has 0 saturated heterocycles. The predicted octanol–water partition coefficient (Wildman–Crippen LogP) is -0.182. The third-order valence-electron chi connectivity index (χ3n) is 1.93. The number of rotatable bonds is 11. The van der Waals surface area contributed by atoms with Crippen LogP contribution in [0, 0.1) is 0 Å². The maximum Gasteiger partial charge on any atom is 0.168 e. The van der Waals surface area contributed by atoms with Gasteiger partial charge in [0, 0.05) is 7.11 Å². The lowest BCUT2D eigenvalue weighted by Gasteiger charge is -2.11. The monoisotopic (exact) mass is 250 g/mol. The number of ether oxygens (including phenoxy) is 4. The van der Waals surface area contributed by atoms with Crippen LogP contribution < -0.4 is 5.73 Å². The molecule has 7 nitrogen and oxygen atoms in total. The van der Waals surface area contributed by atoms with Gasteiger partial charge in [-0.3, -0.25) is 0 Å². The average molecular weight is 250 g/mol. The van der Waals surface area contributed by atoms with Crippen molar-refractivity contribution in [3.8, 4) is 0 Å². The molecule has 102 valence electrons. The third-order valence-corrected chi connectivity index (χ3v) is 1.93. The molecule has 0 aliphatic carbocycles. The first-order valence-electron chi connectivity index (χ1n) is 5.45. The standard InChI is InChI=1S/C10H22N2O5/c1-9(10(11)12-13)17-8-7-16-6-5-15-4-3-14-2/h9,13H,3-8H2,1-2H3,(H2,11,12). The minimum absolute atomic E-state index is 0.0490. The van der Waals surface area contributed by atoms with E-state index in [-0.39, 0.29) is 5.84 Å². The van der Waals surface area contributed by atoms with E-state index in [0.29, 0.717) is 39.6 Å². The summed E-state index contributed by atoms with van der Waals surface area (Å²) < 4.78 is 20.5. The van der Waals surface area contributed by atoms with Gasteiger partial charge in [-0.25, -0.2) is 0 Å². The van der Waals surface area contributed by atoms with E-state index in [1.807, 2.05) is 0 Å². The number of oxime groups is 1. The summed E-state index contributed by atoms with van der Waals surface area (Å²) in [6.45, 7) is 4.70. The van der Waals surface area contributed by atoms with E-state index in [9.17, 15) is 0 Å². The molecular formula is C10H22N2O5. The summed E-state index contributed by atoms with van der Waals surface area (Å²) in [5, 5.41) is 11.2. The van der Waals surface area contributed by atoms with Gasteiger partial charge in [-0.15, -0.1) is 0 Å². The number of methoxy groups -OCH3 is 1. The quantitative estimate of drug-likeness (QED) is 0.174. The van der Waals surface area contributed by atoms with Gasteiger partial charge in [0.1, 0.15) is 6.10 Å². The molecule has 1 atom stereocenters. The van der Waals surface area contributed by atoms with Gasteiger partial charge >= 0.3 is 0 Å². The average Bonchev–Trinajstić information content (AvgIpc) is 2.35. The first kappa shape index (κ1) is 16.1. The van der Waals surface area contributed by atoms with E-state index in [2.05, 4.69) is 5.16 Å². The first-order valence-corrected chi connectivity index (χ1v) is 5.45.